The van der Waals surface area contributed by atoms with Gasteiger partial charge in [-0.1, -0.05) is 31.4 Å². The Morgan fingerprint density at radius 2 is 2.00 bits per heavy atom. The maximum atomic E-state index is 10.4. The van der Waals surface area contributed by atoms with E-state index in [-0.39, 0.29) is 6.10 Å². The quantitative estimate of drug-likeness (QED) is 0.800. The lowest BCUT2D eigenvalue weighted by molar-refractivity contribution is 0.0847. The van der Waals surface area contributed by atoms with E-state index in [9.17, 15) is 5.11 Å². The minimum atomic E-state index is -0.257. The molecule has 0 aliphatic heterocycles. The fourth-order valence-corrected chi connectivity index (χ4v) is 3.02. The van der Waals surface area contributed by atoms with Crippen molar-refractivity contribution in [3.05, 3.63) is 29.8 Å². The van der Waals surface area contributed by atoms with Gasteiger partial charge in [-0.15, -0.1) is 11.8 Å². The zero-order valence-corrected chi connectivity index (χ0v) is 10.7. The normalized spacial score (nSPS) is 19.6. The molecule has 88 valence electrons. The number of aliphatic hydroxyl groups excluding tert-OH is 1. The van der Waals surface area contributed by atoms with Crippen molar-refractivity contribution in [1.29, 1.82) is 0 Å². The first-order valence-electron chi connectivity index (χ1n) is 6.13. The zero-order chi connectivity index (χ0) is 11.4. The molecule has 1 nitrogen and oxygen atoms in total. The SMILES string of the molecule is CSc1cccc(C(O)C2CCCCC2)c1. The lowest BCUT2D eigenvalue weighted by atomic mass is 9.83. The summed E-state index contributed by atoms with van der Waals surface area (Å²) in [4.78, 5) is 1.24. The van der Waals surface area contributed by atoms with Crippen LogP contribution in [0.2, 0.25) is 0 Å². The third-order valence-electron chi connectivity index (χ3n) is 3.53. The Morgan fingerprint density at radius 1 is 1.25 bits per heavy atom. The molecule has 2 rings (SSSR count). The highest BCUT2D eigenvalue weighted by atomic mass is 32.2. The molecule has 1 fully saturated rings. The molecule has 0 saturated heterocycles. The van der Waals surface area contributed by atoms with Gasteiger partial charge >= 0.3 is 0 Å². The van der Waals surface area contributed by atoms with E-state index >= 15 is 0 Å². The summed E-state index contributed by atoms with van der Waals surface area (Å²) in [5, 5.41) is 10.4. The Hall–Kier alpha value is -0.470. The summed E-state index contributed by atoms with van der Waals surface area (Å²) < 4.78 is 0. The predicted octanol–water partition coefficient (Wildman–Crippen LogP) is 4.02. The molecule has 0 bridgehead atoms. The second-order valence-corrected chi connectivity index (χ2v) is 5.50. The molecule has 1 aromatic carbocycles. The Labute approximate surface area is 102 Å². The number of hydrogen-bond acceptors (Lipinski definition) is 2. The minimum absolute atomic E-state index is 0.257. The molecule has 0 amide bonds. The lowest BCUT2D eigenvalue weighted by Crippen LogP contribution is -2.15. The van der Waals surface area contributed by atoms with Gasteiger partial charge < -0.3 is 5.11 Å². The maximum Gasteiger partial charge on any atom is 0.0818 e. The van der Waals surface area contributed by atoms with Gasteiger partial charge in [0.1, 0.15) is 0 Å². The van der Waals surface area contributed by atoms with E-state index in [0.717, 1.165) is 5.56 Å². The zero-order valence-electron chi connectivity index (χ0n) is 9.86. The minimum Gasteiger partial charge on any atom is -0.388 e. The number of hydrogen-bond donors (Lipinski definition) is 1. The van der Waals surface area contributed by atoms with E-state index in [2.05, 4.69) is 24.5 Å². The van der Waals surface area contributed by atoms with Crippen molar-refractivity contribution in [1.82, 2.24) is 0 Å². The molecule has 1 aliphatic rings. The summed E-state index contributed by atoms with van der Waals surface area (Å²) in [6.45, 7) is 0. The molecule has 0 radical (unpaired) electrons. The highest BCUT2D eigenvalue weighted by molar-refractivity contribution is 7.98. The Kier molecular flexibility index (Phi) is 4.30. The molecule has 1 aromatic rings. The predicted molar refractivity (Wildman–Crippen MR) is 69.8 cm³/mol. The van der Waals surface area contributed by atoms with Crippen molar-refractivity contribution < 1.29 is 5.11 Å². The molecule has 1 atom stereocenters. The van der Waals surface area contributed by atoms with Crippen LogP contribution in [0.25, 0.3) is 0 Å². The highest BCUT2D eigenvalue weighted by Crippen LogP contribution is 2.35. The largest absolute Gasteiger partial charge is 0.388 e. The van der Waals surface area contributed by atoms with Crippen molar-refractivity contribution in [2.45, 2.75) is 43.1 Å². The molecule has 1 N–H and O–H groups in total. The summed E-state index contributed by atoms with van der Waals surface area (Å²) in [5.74, 6) is 0.478. The van der Waals surface area contributed by atoms with Gasteiger partial charge in [-0.2, -0.15) is 0 Å². The standard InChI is InChI=1S/C14H20OS/c1-16-13-9-5-8-12(10-13)14(15)11-6-3-2-4-7-11/h5,8-11,14-15H,2-4,6-7H2,1H3. The fraction of sp³-hybridized carbons (Fsp3) is 0.571. The lowest BCUT2D eigenvalue weighted by Gasteiger charge is -2.27. The molecule has 2 heteroatoms. The van der Waals surface area contributed by atoms with Crippen LogP contribution in [0, 0.1) is 5.92 Å². The van der Waals surface area contributed by atoms with E-state index in [1.165, 1.54) is 37.0 Å². The van der Waals surface area contributed by atoms with Crippen molar-refractivity contribution in [2.24, 2.45) is 5.92 Å². The van der Waals surface area contributed by atoms with Crippen molar-refractivity contribution >= 4 is 11.8 Å². The van der Waals surface area contributed by atoms with Crippen LogP contribution in [0.3, 0.4) is 0 Å². The topological polar surface area (TPSA) is 20.2 Å². The van der Waals surface area contributed by atoms with Gasteiger partial charge in [0.25, 0.3) is 0 Å². The average molecular weight is 236 g/mol. The molecule has 16 heavy (non-hydrogen) atoms. The maximum absolute atomic E-state index is 10.4. The van der Waals surface area contributed by atoms with Crippen LogP contribution in [0.5, 0.6) is 0 Å². The van der Waals surface area contributed by atoms with Crippen molar-refractivity contribution in [2.75, 3.05) is 6.26 Å². The summed E-state index contributed by atoms with van der Waals surface area (Å²) in [6, 6.07) is 8.33. The van der Waals surface area contributed by atoms with Gasteiger partial charge in [0.15, 0.2) is 0 Å². The molecular weight excluding hydrogens is 216 g/mol. The van der Waals surface area contributed by atoms with Gasteiger partial charge in [0.2, 0.25) is 0 Å². The van der Waals surface area contributed by atoms with Gasteiger partial charge in [0, 0.05) is 4.90 Å². The number of thioether (sulfide) groups is 1. The Balaban J connectivity index is 2.09. The Bertz CT molecular complexity index is 331. The van der Waals surface area contributed by atoms with E-state index in [1.807, 2.05) is 6.07 Å². The van der Waals surface area contributed by atoms with Gasteiger partial charge in [-0.3, -0.25) is 0 Å². The fourth-order valence-electron chi connectivity index (χ4n) is 2.55. The molecule has 0 spiro atoms. The second-order valence-electron chi connectivity index (χ2n) is 4.62. The van der Waals surface area contributed by atoms with E-state index < -0.39 is 0 Å². The number of rotatable bonds is 3. The summed E-state index contributed by atoms with van der Waals surface area (Å²) in [6.07, 6.45) is 8.09. The monoisotopic (exact) mass is 236 g/mol. The highest BCUT2D eigenvalue weighted by Gasteiger charge is 2.22. The van der Waals surface area contributed by atoms with Crippen LogP contribution in [-0.4, -0.2) is 11.4 Å². The summed E-state index contributed by atoms with van der Waals surface area (Å²) in [7, 11) is 0. The van der Waals surface area contributed by atoms with Crippen molar-refractivity contribution in [3.8, 4) is 0 Å². The number of benzene rings is 1. The van der Waals surface area contributed by atoms with Crippen LogP contribution in [0.4, 0.5) is 0 Å². The average Bonchev–Trinajstić information content (AvgIpc) is 2.39. The van der Waals surface area contributed by atoms with Gasteiger partial charge in [-0.25, -0.2) is 0 Å². The van der Waals surface area contributed by atoms with Crippen molar-refractivity contribution in [3.63, 3.8) is 0 Å². The van der Waals surface area contributed by atoms with Gasteiger partial charge in [0.05, 0.1) is 6.10 Å². The smallest absolute Gasteiger partial charge is 0.0818 e. The second kappa shape index (κ2) is 5.74. The van der Waals surface area contributed by atoms with Crippen LogP contribution in [0.15, 0.2) is 29.2 Å². The van der Waals surface area contributed by atoms with Crippen LogP contribution < -0.4 is 0 Å². The van der Waals surface area contributed by atoms with Gasteiger partial charge in [-0.05, 0) is 42.7 Å². The van der Waals surface area contributed by atoms with Crippen LogP contribution >= 0.6 is 11.8 Å². The van der Waals surface area contributed by atoms with Crippen LogP contribution in [0.1, 0.15) is 43.8 Å². The van der Waals surface area contributed by atoms with Crippen LogP contribution in [-0.2, 0) is 0 Å². The molecule has 1 aliphatic carbocycles. The number of aliphatic hydroxyl groups is 1. The summed E-state index contributed by atoms with van der Waals surface area (Å²) >= 11 is 1.74. The Morgan fingerprint density at radius 3 is 2.69 bits per heavy atom. The molecule has 1 unspecified atom stereocenters. The third kappa shape index (κ3) is 2.80. The van der Waals surface area contributed by atoms with E-state index in [0.29, 0.717) is 5.92 Å². The first kappa shape index (κ1) is 12.0. The first-order chi connectivity index (χ1) is 7.81. The third-order valence-corrected chi connectivity index (χ3v) is 4.26. The first-order valence-corrected chi connectivity index (χ1v) is 7.36. The van der Waals surface area contributed by atoms with E-state index in [1.54, 1.807) is 11.8 Å². The molecule has 0 aromatic heterocycles. The summed E-state index contributed by atoms with van der Waals surface area (Å²) in [5.41, 5.74) is 1.10. The molecule has 0 heterocycles. The van der Waals surface area contributed by atoms with E-state index in [4.69, 9.17) is 0 Å². The molecular formula is C14H20OS. The molecule has 1 saturated carbocycles.